The number of nitrogens with zero attached hydrogens (tertiary/aromatic N) is 5. The van der Waals surface area contributed by atoms with Gasteiger partial charge in [-0.15, -0.1) is 21.5 Å². The van der Waals surface area contributed by atoms with E-state index in [9.17, 15) is 29.1 Å². The Morgan fingerprint density at radius 1 is 0.891 bits per heavy atom. The Morgan fingerprint density at radius 3 is 2.27 bits per heavy atom. The van der Waals surface area contributed by atoms with Gasteiger partial charge in [-0.05, 0) is 57.0 Å². The molecule has 0 aliphatic carbocycles. The van der Waals surface area contributed by atoms with Crippen LogP contribution in [-0.4, -0.2) is 125 Å². The second kappa shape index (κ2) is 21.4. The number of nitrogens with one attached hydrogen (secondary N) is 4. The van der Waals surface area contributed by atoms with Crippen molar-refractivity contribution in [2.24, 2.45) is 4.99 Å². The lowest BCUT2D eigenvalue weighted by molar-refractivity contribution is -0.139. The van der Waals surface area contributed by atoms with Crippen molar-refractivity contribution < 1.29 is 48.0 Å². The fourth-order valence-electron chi connectivity index (χ4n) is 7.58. The van der Waals surface area contributed by atoms with Crippen molar-refractivity contribution in [1.82, 2.24) is 35.8 Å². The van der Waals surface area contributed by atoms with E-state index in [-0.39, 0.29) is 38.9 Å². The molecule has 5 amide bonds. The zero-order valence-corrected chi connectivity index (χ0v) is 37.2. The van der Waals surface area contributed by atoms with Crippen LogP contribution in [0.3, 0.4) is 0 Å². The van der Waals surface area contributed by atoms with Crippen molar-refractivity contribution in [3.05, 3.63) is 91.8 Å². The lowest BCUT2D eigenvalue weighted by atomic mass is 9.99. The number of aliphatic imine (C=N–C) groups is 1. The number of amides is 5. The number of piperidine rings is 1. The second-order valence-corrected chi connectivity index (χ2v) is 16.8. The fourth-order valence-corrected chi connectivity index (χ4v) is 8.92. The average Bonchev–Trinajstić information content (AvgIpc) is 3.85. The Kier molecular flexibility index (Phi) is 15.5. The van der Waals surface area contributed by atoms with Gasteiger partial charge in [-0.3, -0.25) is 54.6 Å². The molecule has 0 radical (unpaired) electrons. The van der Waals surface area contributed by atoms with Crippen molar-refractivity contribution in [2.45, 2.75) is 64.8 Å². The summed E-state index contributed by atoms with van der Waals surface area (Å²) in [6.07, 6.45) is -1.16. The number of anilines is 1. The van der Waals surface area contributed by atoms with Gasteiger partial charge in [0.2, 0.25) is 23.6 Å². The number of rotatable bonds is 20. The summed E-state index contributed by atoms with van der Waals surface area (Å²) in [5, 5.41) is 26.7. The van der Waals surface area contributed by atoms with Crippen molar-refractivity contribution in [2.75, 3.05) is 64.7 Å². The summed E-state index contributed by atoms with van der Waals surface area (Å²) < 4.78 is 24.2. The maximum atomic E-state index is 13.2. The highest BCUT2D eigenvalue weighted by Crippen LogP contribution is 2.41. The first-order valence-electron chi connectivity index (χ1n) is 20.9. The Labute approximate surface area is 377 Å². The molecule has 0 bridgehead atoms. The molecule has 5 N–H and O–H groups in total. The van der Waals surface area contributed by atoms with Crippen LogP contribution >= 0.6 is 22.9 Å². The van der Waals surface area contributed by atoms with Gasteiger partial charge < -0.3 is 29.4 Å². The molecular formula is C43H50ClN9O10S. The molecule has 7 rings (SSSR count). The van der Waals surface area contributed by atoms with E-state index in [1.165, 1.54) is 0 Å². The molecule has 0 spiro atoms. The van der Waals surface area contributed by atoms with Crippen LogP contribution in [0.15, 0.2) is 47.5 Å². The Bertz CT molecular complexity index is 2400. The van der Waals surface area contributed by atoms with Gasteiger partial charge in [0.05, 0.1) is 71.4 Å². The molecule has 64 heavy (non-hydrogen) atoms. The third-order valence-electron chi connectivity index (χ3n) is 10.9. The summed E-state index contributed by atoms with van der Waals surface area (Å²) in [6.45, 7) is 8.74. The number of aryl methyl sites for hydroxylation is 2. The molecule has 21 heteroatoms. The van der Waals surface area contributed by atoms with Gasteiger partial charge in [0.1, 0.15) is 22.9 Å². The van der Waals surface area contributed by atoms with Crippen molar-refractivity contribution in [3.8, 4) is 5.00 Å². The van der Waals surface area contributed by atoms with Crippen LogP contribution in [0.1, 0.15) is 87.1 Å². The molecule has 3 aliphatic rings. The summed E-state index contributed by atoms with van der Waals surface area (Å²) in [5.74, 6) is -1.13. The molecule has 2 aromatic heterocycles. The molecule has 5 heterocycles. The number of aliphatic hydroxyl groups excluding tert-OH is 1. The molecule has 340 valence electrons. The minimum Gasteiger partial charge on any atom is -0.382 e. The summed E-state index contributed by atoms with van der Waals surface area (Å²) >= 11 is 7.82. The van der Waals surface area contributed by atoms with Crippen LogP contribution in [-0.2, 0) is 38.1 Å². The zero-order valence-electron chi connectivity index (χ0n) is 35.6. The standard InChI is InChI=1S/C43H50ClN9O10S/c1-24-25(2)64-43-36(24)38(27-7-9-28(44)10-8-27)46-31(39-51-48-26(3)52(39)43)23-35(56)50-49-34(55)13-15-60-17-19-62-21-22-63-20-18-61-16-14-45-30-6-4-5-29-37(30)42(59)53(41(29)58)32-11-12-33(54)47-40(32)57/h4-10,31-32,42,45,59H,11-23H2,1-3H3,(H,49,55)(H,50,56)(H,47,54,57)/t31-,32?,42?/m0/s1. The number of aromatic nitrogens is 3. The topological polar surface area (TPSA) is 237 Å². The van der Waals surface area contributed by atoms with E-state index in [1.807, 2.05) is 23.6 Å². The van der Waals surface area contributed by atoms with E-state index in [0.717, 1.165) is 37.2 Å². The number of benzene rings is 2. The highest BCUT2D eigenvalue weighted by Gasteiger charge is 2.45. The number of fused-ring (bicyclic) bond motifs is 4. The quantitative estimate of drug-likeness (QED) is 0.0488. The number of carbonyl (C=O) groups excluding carboxylic acids is 5. The number of imide groups is 1. The summed E-state index contributed by atoms with van der Waals surface area (Å²) in [4.78, 5) is 70.0. The molecule has 0 saturated carbocycles. The van der Waals surface area contributed by atoms with Crippen LogP contribution in [0.2, 0.25) is 5.02 Å². The number of carbonyl (C=O) groups is 5. The zero-order chi connectivity index (χ0) is 45.3. The van der Waals surface area contributed by atoms with E-state index in [4.69, 9.17) is 35.5 Å². The normalized spacial score (nSPS) is 17.9. The van der Waals surface area contributed by atoms with Gasteiger partial charge in [0.25, 0.3) is 5.91 Å². The number of hydrogen-bond donors (Lipinski definition) is 5. The predicted molar refractivity (Wildman–Crippen MR) is 234 cm³/mol. The smallest absolute Gasteiger partial charge is 0.257 e. The van der Waals surface area contributed by atoms with Gasteiger partial charge in [0.15, 0.2) is 12.1 Å². The number of halogens is 1. The van der Waals surface area contributed by atoms with E-state index < -0.39 is 47.8 Å². The third-order valence-corrected chi connectivity index (χ3v) is 12.3. The van der Waals surface area contributed by atoms with Gasteiger partial charge >= 0.3 is 0 Å². The molecule has 1 fully saturated rings. The maximum absolute atomic E-state index is 13.2. The number of hydrazine groups is 1. The highest BCUT2D eigenvalue weighted by molar-refractivity contribution is 7.15. The Morgan fingerprint density at radius 2 is 1.56 bits per heavy atom. The molecule has 19 nitrogen and oxygen atoms in total. The van der Waals surface area contributed by atoms with Gasteiger partial charge in [-0.25, -0.2) is 0 Å². The van der Waals surface area contributed by atoms with Crippen molar-refractivity contribution >= 4 is 63.9 Å². The Balaban J connectivity index is 0.734. The van der Waals surface area contributed by atoms with Crippen molar-refractivity contribution in [3.63, 3.8) is 0 Å². The van der Waals surface area contributed by atoms with E-state index >= 15 is 0 Å². The number of aliphatic hydroxyl groups is 1. The summed E-state index contributed by atoms with van der Waals surface area (Å²) in [6, 6.07) is 10.8. The predicted octanol–water partition coefficient (Wildman–Crippen LogP) is 3.16. The molecule has 4 aromatic rings. The van der Waals surface area contributed by atoms with Crippen LogP contribution in [0, 0.1) is 20.8 Å². The van der Waals surface area contributed by atoms with Crippen LogP contribution in [0.25, 0.3) is 5.00 Å². The summed E-state index contributed by atoms with van der Waals surface area (Å²) in [5.41, 5.74) is 9.78. The van der Waals surface area contributed by atoms with Gasteiger partial charge in [-0.1, -0.05) is 29.8 Å². The van der Waals surface area contributed by atoms with Gasteiger partial charge in [-0.2, -0.15) is 0 Å². The first-order valence-corrected chi connectivity index (χ1v) is 22.1. The molecule has 1 saturated heterocycles. The van der Waals surface area contributed by atoms with Crippen LogP contribution in [0.4, 0.5) is 5.69 Å². The Hall–Kier alpha value is -5.61. The second-order valence-electron chi connectivity index (χ2n) is 15.2. The fraction of sp³-hybridized carbons (Fsp3) is 0.442. The van der Waals surface area contributed by atoms with Crippen LogP contribution < -0.4 is 21.5 Å². The molecule has 2 aromatic carbocycles. The van der Waals surface area contributed by atoms with E-state index in [1.54, 1.807) is 41.7 Å². The van der Waals surface area contributed by atoms with E-state index in [0.29, 0.717) is 79.7 Å². The monoisotopic (exact) mass is 919 g/mol. The van der Waals surface area contributed by atoms with E-state index in [2.05, 4.69) is 45.5 Å². The molecule has 2 unspecified atom stereocenters. The number of ether oxygens (including phenoxy) is 4. The number of thiophene rings is 1. The molecular weight excluding hydrogens is 870 g/mol. The van der Waals surface area contributed by atoms with Gasteiger partial charge in [0, 0.05) is 50.8 Å². The SMILES string of the molecule is Cc1sc2c(c1C)C(c1ccc(Cl)cc1)=N[C@@H](CC(=O)NNC(=O)CCOCCOCCOCCOCCNc1cccc3c1C(O)N(C1CCC(=O)NC1=O)C3=O)c1nnc(C)n1-2. The largest absolute Gasteiger partial charge is 0.382 e. The third kappa shape index (κ3) is 10.7. The van der Waals surface area contributed by atoms with Crippen molar-refractivity contribution in [1.29, 1.82) is 0 Å². The first-order chi connectivity index (χ1) is 30.9. The van der Waals surface area contributed by atoms with Crippen LogP contribution in [0.5, 0.6) is 0 Å². The highest BCUT2D eigenvalue weighted by atomic mass is 35.5. The average molecular weight is 920 g/mol. The number of hydrogen-bond acceptors (Lipinski definition) is 15. The first kappa shape index (κ1) is 46.4. The maximum Gasteiger partial charge on any atom is 0.257 e. The minimum atomic E-state index is -1.33. The molecule has 3 atom stereocenters. The lowest BCUT2D eigenvalue weighted by Crippen LogP contribution is -2.53. The minimum absolute atomic E-state index is 0.0197. The summed E-state index contributed by atoms with van der Waals surface area (Å²) in [7, 11) is 0. The molecule has 3 aliphatic heterocycles. The lowest BCUT2D eigenvalue weighted by Gasteiger charge is -2.32.